The second-order valence-corrected chi connectivity index (χ2v) is 9.46. The molecule has 1 amide bonds. The molecule has 1 unspecified atom stereocenters. The van der Waals surface area contributed by atoms with E-state index in [9.17, 15) is 14.7 Å². The zero-order valence-corrected chi connectivity index (χ0v) is 19.5. The van der Waals surface area contributed by atoms with Gasteiger partial charge < -0.3 is 9.63 Å². The number of benzene rings is 2. The van der Waals surface area contributed by atoms with Crippen molar-refractivity contribution in [1.29, 1.82) is 0 Å². The molecule has 3 aromatic rings. The lowest BCUT2D eigenvalue weighted by Crippen LogP contribution is -2.42. The van der Waals surface area contributed by atoms with E-state index in [1.54, 1.807) is 35.2 Å². The van der Waals surface area contributed by atoms with E-state index in [0.29, 0.717) is 16.9 Å². The third kappa shape index (κ3) is 4.02. The highest BCUT2D eigenvalue weighted by Gasteiger charge is 2.47. The van der Waals surface area contributed by atoms with Crippen LogP contribution in [0, 0.1) is 5.92 Å². The number of ketones is 1. The van der Waals surface area contributed by atoms with Crippen LogP contribution in [0.1, 0.15) is 42.5 Å². The normalized spacial score (nSPS) is 19.4. The molecule has 0 saturated heterocycles. The smallest absolute Gasteiger partial charge is 0.294 e. The van der Waals surface area contributed by atoms with Crippen LogP contribution < -0.4 is 4.90 Å². The summed E-state index contributed by atoms with van der Waals surface area (Å²) >= 11 is 3.39. The van der Waals surface area contributed by atoms with Crippen LogP contribution in [0.3, 0.4) is 0 Å². The minimum atomic E-state index is -0.528. The summed E-state index contributed by atoms with van der Waals surface area (Å²) < 4.78 is 5.78. The molecule has 1 saturated carbocycles. The molecular formula is C26H23BrN2O4. The fourth-order valence-electron chi connectivity index (χ4n) is 4.95. The van der Waals surface area contributed by atoms with Gasteiger partial charge in [-0.1, -0.05) is 52.5 Å². The molecule has 1 aliphatic heterocycles. The molecule has 1 N–H and O–H groups in total. The minimum absolute atomic E-state index is 0.108. The Morgan fingerprint density at radius 3 is 2.33 bits per heavy atom. The van der Waals surface area contributed by atoms with E-state index in [2.05, 4.69) is 21.1 Å². The number of nitrogens with zero attached hydrogens (tertiary/aromatic N) is 2. The number of aliphatic hydroxyl groups is 1. The molecule has 1 aromatic heterocycles. The molecule has 7 heteroatoms. The molecule has 1 fully saturated rings. The van der Waals surface area contributed by atoms with Gasteiger partial charge in [0.25, 0.3) is 5.91 Å². The highest BCUT2D eigenvalue weighted by molar-refractivity contribution is 9.10. The van der Waals surface area contributed by atoms with Crippen LogP contribution in [0.5, 0.6) is 0 Å². The molecule has 1 atom stereocenters. The summed E-state index contributed by atoms with van der Waals surface area (Å²) in [6.45, 7) is 0. The summed E-state index contributed by atoms with van der Waals surface area (Å²) in [5.41, 5.74) is 2.86. The summed E-state index contributed by atoms with van der Waals surface area (Å²) in [4.78, 5) is 28.4. The molecule has 1 aliphatic carbocycles. The van der Waals surface area contributed by atoms with E-state index >= 15 is 0 Å². The van der Waals surface area contributed by atoms with Gasteiger partial charge in [-0.05, 0) is 55.2 Å². The molecule has 168 valence electrons. The number of aromatic nitrogens is 1. The molecule has 0 spiro atoms. The van der Waals surface area contributed by atoms with Crippen LogP contribution >= 0.6 is 15.9 Å². The lowest BCUT2D eigenvalue weighted by molar-refractivity contribution is -0.117. The molecule has 0 bridgehead atoms. The number of carbonyl (C=O) groups is 2. The first-order valence-electron chi connectivity index (χ1n) is 11.1. The summed E-state index contributed by atoms with van der Waals surface area (Å²) in [6.07, 6.45) is 6.58. The van der Waals surface area contributed by atoms with Gasteiger partial charge >= 0.3 is 0 Å². The lowest BCUT2D eigenvalue weighted by atomic mass is 9.79. The topological polar surface area (TPSA) is 83.6 Å². The van der Waals surface area contributed by atoms with E-state index in [0.717, 1.165) is 42.1 Å². The summed E-state index contributed by atoms with van der Waals surface area (Å²) in [5.74, 6) is -1.16. The lowest BCUT2D eigenvalue weighted by Gasteiger charge is -2.35. The molecule has 6 nitrogen and oxygen atoms in total. The fourth-order valence-corrected chi connectivity index (χ4v) is 5.22. The Bertz CT molecular complexity index is 1190. The van der Waals surface area contributed by atoms with Gasteiger partial charge in [0.1, 0.15) is 12.0 Å². The molecular weight excluding hydrogens is 484 g/mol. The number of carbonyl (C=O) groups excluding carboxylic acids is 2. The van der Waals surface area contributed by atoms with E-state index in [1.165, 1.54) is 6.26 Å². The summed E-state index contributed by atoms with van der Waals surface area (Å²) in [7, 11) is 0. The quantitative estimate of drug-likeness (QED) is 0.423. The van der Waals surface area contributed by atoms with Crippen molar-refractivity contribution in [1.82, 2.24) is 5.16 Å². The van der Waals surface area contributed by atoms with Crippen molar-refractivity contribution in [2.45, 2.75) is 38.1 Å². The van der Waals surface area contributed by atoms with Crippen LogP contribution in [-0.4, -0.2) is 28.0 Å². The van der Waals surface area contributed by atoms with Gasteiger partial charge in [0.2, 0.25) is 0 Å². The van der Waals surface area contributed by atoms with Gasteiger partial charge in [0, 0.05) is 27.4 Å². The summed E-state index contributed by atoms with van der Waals surface area (Å²) in [5, 5.41) is 14.9. The van der Waals surface area contributed by atoms with E-state index in [4.69, 9.17) is 4.52 Å². The number of Topliss-reactive ketones (excluding diaryl/α,β-unsaturated/α-hetero) is 1. The zero-order valence-electron chi connectivity index (χ0n) is 17.9. The predicted octanol–water partition coefficient (Wildman–Crippen LogP) is 6.09. The number of hydrogen-bond acceptors (Lipinski definition) is 5. The molecule has 5 rings (SSSR count). The van der Waals surface area contributed by atoms with E-state index in [-0.39, 0.29) is 17.3 Å². The second kappa shape index (κ2) is 8.98. The van der Waals surface area contributed by atoms with Gasteiger partial charge in [-0.3, -0.25) is 14.5 Å². The number of rotatable bonds is 5. The molecule has 2 aromatic carbocycles. The van der Waals surface area contributed by atoms with E-state index in [1.807, 2.05) is 24.3 Å². The standard InChI is InChI=1S/C26H23BrN2O4/c27-19-10-6-18(7-11-19)24(30)22-23(17-4-2-1-3-5-17)29(26(32)25(22)31)20-12-8-16(9-13-20)21-14-15-33-28-21/h6-15,17,23,31H,1-5H2. The first-order chi connectivity index (χ1) is 16.0. The molecule has 2 heterocycles. The van der Waals surface area contributed by atoms with Crippen molar-refractivity contribution in [3.63, 3.8) is 0 Å². The van der Waals surface area contributed by atoms with Crippen molar-refractivity contribution in [3.05, 3.63) is 82.2 Å². The Balaban J connectivity index is 1.54. The maximum Gasteiger partial charge on any atom is 0.294 e. The molecule has 33 heavy (non-hydrogen) atoms. The van der Waals surface area contributed by atoms with Crippen LogP contribution in [0.25, 0.3) is 11.3 Å². The average Bonchev–Trinajstić information content (AvgIpc) is 3.47. The Kier molecular flexibility index (Phi) is 5.89. The zero-order chi connectivity index (χ0) is 22.9. The monoisotopic (exact) mass is 506 g/mol. The Morgan fingerprint density at radius 2 is 1.70 bits per heavy atom. The Hall–Kier alpha value is -3.19. The average molecular weight is 507 g/mol. The van der Waals surface area contributed by atoms with Crippen molar-refractivity contribution in [2.75, 3.05) is 4.90 Å². The molecule has 0 radical (unpaired) electrons. The molecule has 2 aliphatic rings. The van der Waals surface area contributed by atoms with Crippen LogP contribution in [0.2, 0.25) is 0 Å². The van der Waals surface area contributed by atoms with Gasteiger partial charge in [0.15, 0.2) is 11.5 Å². The number of halogens is 1. The first-order valence-corrected chi connectivity index (χ1v) is 11.9. The van der Waals surface area contributed by atoms with Crippen LogP contribution in [0.15, 0.2) is 81.2 Å². The SMILES string of the molecule is O=C(C1=C(O)C(=O)N(c2ccc(-c3ccon3)cc2)C1C1CCCCC1)c1ccc(Br)cc1. The van der Waals surface area contributed by atoms with Crippen LogP contribution in [-0.2, 0) is 4.79 Å². The third-order valence-corrected chi connectivity index (χ3v) is 7.11. The van der Waals surface area contributed by atoms with Crippen molar-refractivity contribution in [2.24, 2.45) is 5.92 Å². The second-order valence-electron chi connectivity index (χ2n) is 8.55. The highest BCUT2D eigenvalue weighted by atomic mass is 79.9. The Morgan fingerprint density at radius 1 is 1.00 bits per heavy atom. The van der Waals surface area contributed by atoms with Crippen molar-refractivity contribution >= 4 is 33.3 Å². The van der Waals surface area contributed by atoms with Crippen LogP contribution in [0.4, 0.5) is 5.69 Å². The van der Waals surface area contributed by atoms with Gasteiger partial charge in [-0.25, -0.2) is 0 Å². The number of hydrogen-bond donors (Lipinski definition) is 1. The number of aliphatic hydroxyl groups excluding tert-OH is 1. The predicted molar refractivity (Wildman–Crippen MR) is 128 cm³/mol. The van der Waals surface area contributed by atoms with Crippen molar-refractivity contribution in [3.8, 4) is 11.3 Å². The Labute approximate surface area is 200 Å². The number of anilines is 1. The maximum atomic E-state index is 13.5. The third-order valence-electron chi connectivity index (χ3n) is 6.58. The van der Waals surface area contributed by atoms with Gasteiger partial charge in [0.05, 0.1) is 11.6 Å². The van der Waals surface area contributed by atoms with Gasteiger partial charge in [-0.15, -0.1) is 0 Å². The van der Waals surface area contributed by atoms with E-state index < -0.39 is 17.7 Å². The van der Waals surface area contributed by atoms with Gasteiger partial charge in [-0.2, -0.15) is 0 Å². The maximum absolute atomic E-state index is 13.5. The summed E-state index contributed by atoms with van der Waals surface area (Å²) in [6, 6.07) is 15.7. The largest absolute Gasteiger partial charge is 0.503 e. The minimum Gasteiger partial charge on any atom is -0.503 e. The van der Waals surface area contributed by atoms with Crippen molar-refractivity contribution < 1.29 is 19.2 Å². The first kappa shape index (κ1) is 21.6. The number of amides is 1. The highest BCUT2D eigenvalue weighted by Crippen LogP contribution is 2.41. The fraction of sp³-hybridized carbons (Fsp3) is 0.269.